The number of benzene rings is 1. The van der Waals surface area contributed by atoms with Crippen molar-refractivity contribution >= 4 is 29.1 Å². The number of carbonyl (C=O) groups is 1. The van der Waals surface area contributed by atoms with Crippen LogP contribution in [0, 0.1) is 5.82 Å². The molecule has 1 N–H and O–H groups in total. The summed E-state index contributed by atoms with van der Waals surface area (Å²) in [5, 5.41) is 2.68. The lowest BCUT2D eigenvalue weighted by Gasteiger charge is -1.98. The monoisotopic (exact) mass is 324 g/mol. The van der Waals surface area contributed by atoms with Crippen molar-refractivity contribution in [2.75, 3.05) is 5.32 Å². The van der Waals surface area contributed by atoms with E-state index in [-0.39, 0.29) is 11.7 Å². The molecule has 0 atom stereocenters. The molecule has 1 amide bonds. The quantitative estimate of drug-likeness (QED) is 0.713. The molecule has 0 saturated carbocycles. The molecule has 0 saturated heterocycles. The van der Waals surface area contributed by atoms with Crippen LogP contribution >= 0.6 is 11.3 Å². The topological polar surface area (TPSA) is 42.0 Å². The minimum atomic E-state index is -0.253. The molecule has 5 heteroatoms. The summed E-state index contributed by atoms with van der Waals surface area (Å²) in [4.78, 5) is 17.8. The molecular formula is C18H13FN2OS. The minimum Gasteiger partial charge on any atom is -0.307 e. The van der Waals surface area contributed by atoms with Crippen LogP contribution in [0.5, 0.6) is 0 Å². The predicted molar refractivity (Wildman–Crippen MR) is 91.6 cm³/mol. The molecule has 0 aliphatic heterocycles. The second kappa shape index (κ2) is 6.98. The fourth-order valence-corrected chi connectivity index (χ4v) is 2.89. The number of amides is 1. The van der Waals surface area contributed by atoms with E-state index in [4.69, 9.17) is 0 Å². The SMILES string of the molecule is O=C(/C=C/c1ccc(-c2ccc(F)cc2)s1)Nc1ccccn1. The number of pyridine rings is 1. The maximum atomic E-state index is 12.9. The van der Waals surface area contributed by atoms with Crippen molar-refractivity contribution in [1.29, 1.82) is 0 Å². The highest BCUT2D eigenvalue weighted by Crippen LogP contribution is 2.28. The van der Waals surface area contributed by atoms with Crippen molar-refractivity contribution in [3.8, 4) is 10.4 Å². The first kappa shape index (κ1) is 15.1. The van der Waals surface area contributed by atoms with Crippen LogP contribution in [0.1, 0.15) is 4.88 Å². The van der Waals surface area contributed by atoms with E-state index in [0.717, 1.165) is 15.3 Å². The number of rotatable bonds is 4. The Bertz CT molecular complexity index is 826. The van der Waals surface area contributed by atoms with Crippen LogP contribution in [-0.4, -0.2) is 10.9 Å². The molecule has 23 heavy (non-hydrogen) atoms. The number of nitrogens with one attached hydrogen (secondary N) is 1. The van der Waals surface area contributed by atoms with E-state index in [2.05, 4.69) is 10.3 Å². The Kier molecular flexibility index (Phi) is 4.59. The highest BCUT2D eigenvalue weighted by molar-refractivity contribution is 7.16. The fourth-order valence-electron chi connectivity index (χ4n) is 1.97. The smallest absolute Gasteiger partial charge is 0.249 e. The van der Waals surface area contributed by atoms with E-state index in [9.17, 15) is 9.18 Å². The summed E-state index contributed by atoms with van der Waals surface area (Å²) in [5.74, 6) is 0.0254. The van der Waals surface area contributed by atoms with Gasteiger partial charge in [0.25, 0.3) is 0 Å². The first-order valence-corrected chi connectivity index (χ1v) is 7.78. The van der Waals surface area contributed by atoms with Gasteiger partial charge in [-0.1, -0.05) is 18.2 Å². The summed E-state index contributed by atoms with van der Waals surface area (Å²) in [5.41, 5.74) is 0.953. The van der Waals surface area contributed by atoms with E-state index in [1.54, 1.807) is 42.6 Å². The third-order valence-corrected chi connectivity index (χ3v) is 4.17. The Morgan fingerprint density at radius 2 is 1.91 bits per heavy atom. The number of halogens is 1. The van der Waals surface area contributed by atoms with Gasteiger partial charge < -0.3 is 5.32 Å². The van der Waals surface area contributed by atoms with Crippen LogP contribution in [-0.2, 0) is 4.79 Å². The highest BCUT2D eigenvalue weighted by atomic mass is 32.1. The van der Waals surface area contributed by atoms with Gasteiger partial charge in [0.2, 0.25) is 5.91 Å². The van der Waals surface area contributed by atoms with Gasteiger partial charge in [0, 0.05) is 22.0 Å². The van der Waals surface area contributed by atoms with Crippen molar-refractivity contribution in [1.82, 2.24) is 4.98 Å². The van der Waals surface area contributed by atoms with E-state index < -0.39 is 0 Å². The zero-order valence-electron chi connectivity index (χ0n) is 12.1. The lowest BCUT2D eigenvalue weighted by molar-refractivity contribution is -0.111. The Hall–Kier alpha value is -2.79. The van der Waals surface area contributed by atoms with Crippen molar-refractivity contribution in [3.05, 3.63) is 77.6 Å². The highest BCUT2D eigenvalue weighted by Gasteiger charge is 2.02. The average Bonchev–Trinajstić information content (AvgIpc) is 3.04. The van der Waals surface area contributed by atoms with E-state index >= 15 is 0 Å². The molecule has 3 rings (SSSR count). The number of aromatic nitrogens is 1. The largest absolute Gasteiger partial charge is 0.307 e. The zero-order valence-corrected chi connectivity index (χ0v) is 12.9. The van der Waals surface area contributed by atoms with E-state index in [1.807, 2.05) is 12.1 Å². The number of carbonyl (C=O) groups excluding carboxylic acids is 1. The Balaban J connectivity index is 1.66. The Morgan fingerprint density at radius 1 is 1.09 bits per heavy atom. The van der Waals surface area contributed by atoms with Gasteiger partial charge in [-0.25, -0.2) is 9.37 Å². The number of nitrogens with zero attached hydrogens (tertiary/aromatic N) is 1. The summed E-state index contributed by atoms with van der Waals surface area (Å²) in [7, 11) is 0. The second-order valence-corrected chi connectivity index (χ2v) is 5.86. The van der Waals surface area contributed by atoms with Gasteiger partial charge >= 0.3 is 0 Å². The van der Waals surface area contributed by atoms with Gasteiger partial charge in [-0.05, 0) is 48.0 Å². The molecule has 2 heterocycles. The Labute approximate surface area is 137 Å². The molecule has 0 spiro atoms. The van der Waals surface area contributed by atoms with Crippen molar-refractivity contribution in [2.45, 2.75) is 0 Å². The zero-order chi connectivity index (χ0) is 16.1. The minimum absolute atomic E-state index is 0.236. The summed E-state index contributed by atoms with van der Waals surface area (Å²) >= 11 is 1.54. The summed E-state index contributed by atoms with van der Waals surface area (Å²) < 4.78 is 12.9. The van der Waals surface area contributed by atoms with Crippen molar-refractivity contribution in [2.24, 2.45) is 0 Å². The van der Waals surface area contributed by atoms with Crippen LogP contribution in [0.25, 0.3) is 16.5 Å². The molecule has 2 aromatic heterocycles. The van der Waals surface area contributed by atoms with E-state index in [0.29, 0.717) is 5.82 Å². The average molecular weight is 324 g/mol. The van der Waals surface area contributed by atoms with Crippen LogP contribution in [0.3, 0.4) is 0 Å². The van der Waals surface area contributed by atoms with E-state index in [1.165, 1.54) is 29.5 Å². The lowest BCUT2D eigenvalue weighted by Crippen LogP contribution is -2.08. The summed E-state index contributed by atoms with van der Waals surface area (Å²) in [6, 6.07) is 15.5. The summed E-state index contributed by atoms with van der Waals surface area (Å²) in [6.45, 7) is 0. The molecule has 0 fully saturated rings. The lowest BCUT2D eigenvalue weighted by atomic mass is 10.2. The van der Waals surface area contributed by atoms with Crippen molar-refractivity contribution < 1.29 is 9.18 Å². The third-order valence-electron chi connectivity index (χ3n) is 3.07. The molecule has 1 aromatic carbocycles. The van der Waals surface area contributed by atoms with Crippen LogP contribution in [0.4, 0.5) is 10.2 Å². The maximum absolute atomic E-state index is 12.9. The molecule has 0 unspecified atom stereocenters. The normalized spacial score (nSPS) is 10.8. The standard InChI is InChI=1S/C18H13FN2OS/c19-14-6-4-13(5-7-14)16-10-8-15(23-16)9-11-18(22)21-17-3-1-2-12-20-17/h1-12H,(H,20,21,22)/b11-9+. The fraction of sp³-hybridized carbons (Fsp3) is 0. The van der Waals surface area contributed by atoms with Gasteiger partial charge in [0.15, 0.2) is 0 Å². The number of thiophene rings is 1. The maximum Gasteiger partial charge on any atom is 0.249 e. The molecule has 3 aromatic rings. The number of hydrogen-bond donors (Lipinski definition) is 1. The molecule has 0 bridgehead atoms. The van der Waals surface area contributed by atoms with Crippen LogP contribution < -0.4 is 5.32 Å². The number of anilines is 1. The van der Waals surface area contributed by atoms with Gasteiger partial charge in [-0.2, -0.15) is 0 Å². The van der Waals surface area contributed by atoms with Crippen LogP contribution in [0.2, 0.25) is 0 Å². The molecular weight excluding hydrogens is 311 g/mol. The van der Waals surface area contributed by atoms with Gasteiger partial charge in [0.1, 0.15) is 11.6 Å². The van der Waals surface area contributed by atoms with Gasteiger partial charge in [0.05, 0.1) is 0 Å². The van der Waals surface area contributed by atoms with Crippen LogP contribution in [0.15, 0.2) is 66.9 Å². The van der Waals surface area contributed by atoms with Gasteiger partial charge in [-0.3, -0.25) is 4.79 Å². The first-order valence-electron chi connectivity index (χ1n) is 6.96. The summed E-state index contributed by atoms with van der Waals surface area (Å²) in [6.07, 6.45) is 4.83. The molecule has 0 aliphatic carbocycles. The first-order chi connectivity index (χ1) is 11.2. The Morgan fingerprint density at radius 3 is 2.65 bits per heavy atom. The second-order valence-electron chi connectivity index (χ2n) is 4.75. The third kappa shape index (κ3) is 4.11. The predicted octanol–water partition coefficient (Wildman–Crippen LogP) is 4.60. The van der Waals surface area contributed by atoms with Gasteiger partial charge in [-0.15, -0.1) is 11.3 Å². The molecule has 114 valence electrons. The van der Waals surface area contributed by atoms with Crippen molar-refractivity contribution in [3.63, 3.8) is 0 Å². The molecule has 3 nitrogen and oxygen atoms in total. The molecule has 0 aliphatic rings. The molecule has 0 radical (unpaired) electrons. The number of hydrogen-bond acceptors (Lipinski definition) is 3.